The van der Waals surface area contributed by atoms with Crippen molar-refractivity contribution in [3.8, 4) is 11.3 Å². The maximum Gasteiger partial charge on any atom is 0.270 e. The molecule has 0 saturated heterocycles. The molecule has 2 aromatic carbocycles. The highest BCUT2D eigenvalue weighted by Gasteiger charge is 2.21. The Hall–Kier alpha value is -3.54. The molecule has 1 amide bonds. The number of benzene rings is 2. The number of amides is 1. The van der Waals surface area contributed by atoms with E-state index in [1.165, 1.54) is 12.1 Å². The molecule has 1 N–H and O–H groups in total. The lowest BCUT2D eigenvalue weighted by Gasteiger charge is -2.13. The second-order valence-corrected chi connectivity index (χ2v) is 8.25. The van der Waals surface area contributed by atoms with Crippen LogP contribution in [-0.2, 0) is 12.0 Å². The summed E-state index contributed by atoms with van der Waals surface area (Å²) in [7, 11) is 0. The molecule has 152 valence electrons. The van der Waals surface area contributed by atoms with Crippen LogP contribution >= 0.6 is 0 Å². The summed E-state index contributed by atoms with van der Waals surface area (Å²) >= 11 is 0. The van der Waals surface area contributed by atoms with Crippen LogP contribution < -0.4 is 5.32 Å². The highest BCUT2D eigenvalue weighted by molar-refractivity contribution is 5.94. The van der Waals surface area contributed by atoms with Crippen LogP contribution in [0.4, 0.5) is 4.39 Å². The summed E-state index contributed by atoms with van der Waals surface area (Å²) in [4.78, 5) is 17.4. The Morgan fingerprint density at radius 1 is 1.03 bits per heavy atom. The van der Waals surface area contributed by atoms with E-state index in [4.69, 9.17) is 5.10 Å². The fourth-order valence-corrected chi connectivity index (χ4v) is 3.15. The van der Waals surface area contributed by atoms with Crippen molar-refractivity contribution >= 4 is 11.6 Å². The van der Waals surface area contributed by atoms with Crippen LogP contribution in [0.5, 0.6) is 0 Å². The summed E-state index contributed by atoms with van der Waals surface area (Å²) in [5.74, 6) is -0.594. The van der Waals surface area contributed by atoms with E-state index in [1.54, 1.807) is 22.7 Å². The molecule has 6 heteroatoms. The van der Waals surface area contributed by atoms with Crippen molar-refractivity contribution in [2.24, 2.45) is 0 Å². The minimum atomic E-state index is -0.319. The van der Waals surface area contributed by atoms with Crippen LogP contribution in [0.3, 0.4) is 0 Å². The first-order valence-corrected chi connectivity index (χ1v) is 9.80. The number of nitrogens with one attached hydrogen (secondary N) is 1. The van der Waals surface area contributed by atoms with Crippen molar-refractivity contribution in [3.05, 3.63) is 89.5 Å². The highest BCUT2D eigenvalue weighted by atomic mass is 19.1. The molecule has 4 rings (SSSR count). The lowest BCUT2D eigenvalue weighted by Crippen LogP contribution is -2.24. The van der Waals surface area contributed by atoms with E-state index in [0.717, 1.165) is 16.8 Å². The standard InChI is InChI=1S/C24H23FN4O/c1-24(2,3)21-14-22-27-19(23(30)26-15-16-7-5-4-6-8-16)13-20(29(22)28-21)17-9-11-18(25)12-10-17/h4-14H,15H2,1-3H3,(H,26,30). The largest absolute Gasteiger partial charge is 0.347 e. The van der Waals surface area contributed by atoms with Gasteiger partial charge in [-0.05, 0) is 35.9 Å². The summed E-state index contributed by atoms with van der Waals surface area (Å²) in [6, 6.07) is 19.4. The van der Waals surface area contributed by atoms with Gasteiger partial charge in [-0.2, -0.15) is 5.10 Å². The number of hydrogen-bond acceptors (Lipinski definition) is 3. The van der Waals surface area contributed by atoms with E-state index in [9.17, 15) is 9.18 Å². The van der Waals surface area contributed by atoms with E-state index in [0.29, 0.717) is 17.9 Å². The van der Waals surface area contributed by atoms with E-state index in [1.807, 2.05) is 36.4 Å². The molecule has 0 atom stereocenters. The van der Waals surface area contributed by atoms with Crippen LogP contribution in [0.15, 0.2) is 66.7 Å². The van der Waals surface area contributed by atoms with Crippen LogP contribution in [0.2, 0.25) is 0 Å². The molecule has 0 aliphatic rings. The third kappa shape index (κ3) is 4.08. The van der Waals surface area contributed by atoms with E-state index < -0.39 is 0 Å². The number of fused-ring (bicyclic) bond motifs is 1. The third-order valence-electron chi connectivity index (χ3n) is 4.86. The second kappa shape index (κ2) is 7.71. The predicted molar refractivity (Wildman–Crippen MR) is 115 cm³/mol. The monoisotopic (exact) mass is 402 g/mol. The average Bonchev–Trinajstić information content (AvgIpc) is 3.17. The number of aromatic nitrogens is 3. The molecule has 0 aliphatic heterocycles. The molecule has 0 spiro atoms. The normalized spacial score (nSPS) is 11.6. The molecule has 4 aromatic rings. The first-order valence-electron chi connectivity index (χ1n) is 9.80. The van der Waals surface area contributed by atoms with Crippen LogP contribution in [0, 0.1) is 5.82 Å². The molecule has 30 heavy (non-hydrogen) atoms. The lowest BCUT2D eigenvalue weighted by molar-refractivity contribution is 0.0946. The molecule has 0 radical (unpaired) electrons. The van der Waals surface area contributed by atoms with Gasteiger partial charge in [0.2, 0.25) is 0 Å². The summed E-state index contributed by atoms with van der Waals surface area (Å²) in [6.45, 7) is 6.62. The zero-order valence-electron chi connectivity index (χ0n) is 17.2. The minimum absolute atomic E-state index is 0.177. The van der Waals surface area contributed by atoms with Gasteiger partial charge in [0.05, 0.1) is 11.4 Å². The molecule has 2 heterocycles. The molecule has 0 fully saturated rings. The molecule has 0 unspecified atom stereocenters. The number of halogens is 1. The van der Waals surface area contributed by atoms with Crippen molar-refractivity contribution in [1.82, 2.24) is 19.9 Å². The summed E-state index contributed by atoms with van der Waals surface area (Å²) in [5.41, 5.74) is 3.99. The van der Waals surface area contributed by atoms with E-state index in [2.05, 4.69) is 31.1 Å². The van der Waals surface area contributed by atoms with Gasteiger partial charge in [0.25, 0.3) is 5.91 Å². The van der Waals surface area contributed by atoms with Gasteiger partial charge in [0, 0.05) is 23.6 Å². The predicted octanol–water partition coefficient (Wildman–Crippen LogP) is 4.76. The first kappa shape index (κ1) is 19.8. The van der Waals surface area contributed by atoms with Crippen molar-refractivity contribution in [2.45, 2.75) is 32.7 Å². The Labute approximate surface area is 174 Å². The summed E-state index contributed by atoms with van der Waals surface area (Å²) in [5, 5.41) is 7.62. The van der Waals surface area contributed by atoms with E-state index in [-0.39, 0.29) is 22.8 Å². The lowest BCUT2D eigenvalue weighted by atomic mass is 9.93. The van der Waals surface area contributed by atoms with Gasteiger partial charge in [-0.15, -0.1) is 0 Å². The van der Waals surface area contributed by atoms with Crippen molar-refractivity contribution < 1.29 is 9.18 Å². The second-order valence-electron chi connectivity index (χ2n) is 8.25. The Bertz CT molecular complexity index is 1190. The highest BCUT2D eigenvalue weighted by Crippen LogP contribution is 2.26. The van der Waals surface area contributed by atoms with Gasteiger partial charge < -0.3 is 5.32 Å². The van der Waals surface area contributed by atoms with Gasteiger partial charge in [-0.1, -0.05) is 51.1 Å². The smallest absolute Gasteiger partial charge is 0.270 e. The molecule has 0 saturated carbocycles. The summed E-state index contributed by atoms with van der Waals surface area (Å²) < 4.78 is 15.2. The molecule has 2 aromatic heterocycles. The Morgan fingerprint density at radius 3 is 2.40 bits per heavy atom. The fraction of sp³-hybridized carbons (Fsp3) is 0.208. The third-order valence-corrected chi connectivity index (χ3v) is 4.86. The van der Waals surface area contributed by atoms with Crippen LogP contribution in [0.25, 0.3) is 16.9 Å². The fourth-order valence-electron chi connectivity index (χ4n) is 3.15. The van der Waals surface area contributed by atoms with E-state index >= 15 is 0 Å². The van der Waals surface area contributed by atoms with Crippen molar-refractivity contribution in [1.29, 1.82) is 0 Å². The van der Waals surface area contributed by atoms with Crippen LogP contribution in [0.1, 0.15) is 42.5 Å². The van der Waals surface area contributed by atoms with Gasteiger partial charge in [-0.25, -0.2) is 13.9 Å². The average molecular weight is 402 g/mol. The van der Waals surface area contributed by atoms with Gasteiger partial charge in [-0.3, -0.25) is 4.79 Å². The summed E-state index contributed by atoms with van der Waals surface area (Å²) in [6.07, 6.45) is 0. The van der Waals surface area contributed by atoms with Gasteiger partial charge in [0.1, 0.15) is 11.5 Å². The molecule has 0 bridgehead atoms. The Morgan fingerprint density at radius 2 is 1.73 bits per heavy atom. The maximum absolute atomic E-state index is 13.4. The minimum Gasteiger partial charge on any atom is -0.347 e. The molecular weight excluding hydrogens is 379 g/mol. The number of carbonyl (C=O) groups is 1. The zero-order valence-corrected chi connectivity index (χ0v) is 17.2. The Kier molecular flexibility index (Phi) is 5.08. The maximum atomic E-state index is 13.4. The first-order chi connectivity index (χ1) is 14.3. The quantitative estimate of drug-likeness (QED) is 0.535. The molecular formula is C24H23FN4O. The van der Waals surface area contributed by atoms with Crippen molar-refractivity contribution in [3.63, 3.8) is 0 Å². The topological polar surface area (TPSA) is 59.3 Å². The Balaban J connectivity index is 1.76. The number of carbonyl (C=O) groups excluding carboxylic acids is 1. The number of nitrogens with zero attached hydrogens (tertiary/aromatic N) is 3. The van der Waals surface area contributed by atoms with Gasteiger partial charge in [0.15, 0.2) is 5.65 Å². The number of hydrogen-bond donors (Lipinski definition) is 1. The van der Waals surface area contributed by atoms with Crippen molar-refractivity contribution in [2.75, 3.05) is 0 Å². The zero-order chi connectivity index (χ0) is 21.3. The SMILES string of the molecule is CC(C)(C)c1cc2nc(C(=O)NCc3ccccc3)cc(-c3ccc(F)cc3)n2n1. The number of rotatable bonds is 4. The molecule has 0 aliphatic carbocycles. The van der Waals surface area contributed by atoms with Crippen LogP contribution in [-0.4, -0.2) is 20.5 Å². The molecule has 5 nitrogen and oxygen atoms in total. The van der Waals surface area contributed by atoms with Gasteiger partial charge >= 0.3 is 0 Å².